The second kappa shape index (κ2) is 9.39. The third-order valence-electron chi connectivity index (χ3n) is 6.76. The maximum atomic E-state index is 15.2. The Balaban J connectivity index is 1.89. The molecular formula is C30H11F10N. The van der Waals surface area contributed by atoms with Gasteiger partial charge >= 0.3 is 0 Å². The van der Waals surface area contributed by atoms with Crippen LogP contribution in [0.1, 0.15) is 0 Å². The lowest BCUT2D eigenvalue weighted by atomic mass is 9.93. The minimum absolute atomic E-state index is 0.0372. The lowest BCUT2D eigenvalue weighted by molar-refractivity contribution is 0.381. The summed E-state index contributed by atoms with van der Waals surface area (Å²) in [5, 5.41) is 0.243. The third kappa shape index (κ3) is 3.71. The summed E-state index contributed by atoms with van der Waals surface area (Å²) in [5.41, 5.74) is -3.88. The molecule has 1 nitrogen and oxygen atoms in total. The van der Waals surface area contributed by atoms with Crippen molar-refractivity contribution >= 4 is 21.8 Å². The summed E-state index contributed by atoms with van der Waals surface area (Å²) in [5.74, 6) is -23.1. The molecule has 1 heterocycles. The van der Waals surface area contributed by atoms with E-state index < -0.39 is 80.4 Å². The highest BCUT2D eigenvalue weighted by molar-refractivity contribution is 6.15. The van der Waals surface area contributed by atoms with Crippen LogP contribution < -0.4 is 0 Å². The van der Waals surface area contributed by atoms with Crippen molar-refractivity contribution in [3.8, 4) is 27.9 Å². The fourth-order valence-corrected chi connectivity index (χ4v) is 4.98. The van der Waals surface area contributed by atoms with E-state index in [2.05, 4.69) is 0 Å². The van der Waals surface area contributed by atoms with Crippen molar-refractivity contribution in [3.05, 3.63) is 125 Å². The predicted octanol–water partition coefficient (Wildman–Crippen LogP) is 9.51. The van der Waals surface area contributed by atoms with Gasteiger partial charge in [-0.05, 0) is 35.9 Å². The molecule has 0 bridgehead atoms. The number of benzene rings is 5. The van der Waals surface area contributed by atoms with Crippen molar-refractivity contribution in [2.45, 2.75) is 0 Å². The molecule has 0 aliphatic carbocycles. The van der Waals surface area contributed by atoms with Crippen LogP contribution in [-0.4, -0.2) is 4.57 Å². The molecule has 6 rings (SSSR count). The highest BCUT2D eigenvalue weighted by Gasteiger charge is 2.32. The van der Waals surface area contributed by atoms with Gasteiger partial charge in [0.25, 0.3) is 0 Å². The summed E-state index contributed by atoms with van der Waals surface area (Å²) >= 11 is 0. The second-order valence-corrected chi connectivity index (χ2v) is 9.00. The number of hydrogen-bond donors (Lipinski definition) is 0. The van der Waals surface area contributed by atoms with Crippen molar-refractivity contribution < 1.29 is 43.9 Å². The van der Waals surface area contributed by atoms with E-state index in [1.807, 2.05) is 0 Å². The normalized spacial score (nSPS) is 11.7. The minimum Gasteiger partial charge on any atom is -0.309 e. The van der Waals surface area contributed by atoms with E-state index in [1.54, 1.807) is 48.5 Å². The number of para-hydroxylation sites is 2. The molecule has 0 radical (unpaired) electrons. The average Bonchev–Trinajstić information content (AvgIpc) is 3.32. The van der Waals surface area contributed by atoms with Gasteiger partial charge in [-0.1, -0.05) is 36.4 Å². The van der Waals surface area contributed by atoms with Crippen LogP contribution in [0.2, 0.25) is 0 Å². The van der Waals surface area contributed by atoms with Crippen molar-refractivity contribution in [3.63, 3.8) is 0 Å². The Hall–Kier alpha value is -4.80. The van der Waals surface area contributed by atoms with Gasteiger partial charge < -0.3 is 4.57 Å². The maximum absolute atomic E-state index is 15.2. The SMILES string of the molecule is Fc1c(F)c(F)c(-c2cc(-c3c(F)c(F)c(F)c(F)c3F)c3c(c2)c2ccccc2n3-c2ccccc2)c(F)c1F. The first-order chi connectivity index (χ1) is 19.5. The van der Waals surface area contributed by atoms with Gasteiger partial charge in [-0.15, -0.1) is 0 Å². The van der Waals surface area contributed by atoms with E-state index in [9.17, 15) is 35.1 Å². The summed E-state index contributed by atoms with van der Waals surface area (Å²) in [6.07, 6.45) is 0. The molecule has 0 spiro atoms. The number of aromatic nitrogens is 1. The molecule has 0 fully saturated rings. The molecule has 206 valence electrons. The van der Waals surface area contributed by atoms with Gasteiger partial charge in [0.05, 0.1) is 22.2 Å². The van der Waals surface area contributed by atoms with Gasteiger partial charge in [0.2, 0.25) is 11.6 Å². The topological polar surface area (TPSA) is 4.93 Å². The van der Waals surface area contributed by atoms with Crippen LogP contribution >= 0.6 is 0 Å². The summed E-state index contributed by atoms with van der Waals surface area (Å²) in [7, 11) is 0. The van der Waals surface area contributed by atoms with Crippen molar-refractivity contribution in [1.82, 2.24) is 4.57 Å². The molecule has 0 N–H and O–H groups in total. The zero-order valence-corrected chi connectivity index (χ0v) is 20.1. The van der Waals surface area contributed by atoms with Crippen molar-refractivity contribution in [2.24, 2.45) is 0 Å². The standard InChI is InChI=1S/C30H11F10N/c31-20-18(21(32)25(36)28(39)24(20)35)12-10-15-14-8-4-5-9-17(14)41(13-6-2-1-3-7-13)30(15)16(11-12)19-22(33)26(37)29(40)27(38)23(19)34/h1-11H. The molecule has 0 saturated heterocycles. The Kier molecular flexibility index (Phi) is 6.05. The van der Waals surface area contributed by atoms with Crippen LogP contribution in [0.25, 0.3) is 49.7 Å². The van der Waals surface area contributed by atoms with Gasteiger partial charge in [-0.3, -0.25) is 0 Å². The molecule has 41 heavy (non-hydrogen) atoms. The van der Waals surface area contributed by atoms with E-state index >= 15 is 8.78 Å². The minimum atomic E-state index is -2.44. The highest BCUT2D eigenvalue weighted by atomic mass is 19.2. The molecule has 6 aromatic rings. The largest absolute Gasteiger partial charge is 0.309 e. The van der Waals surface area contributed by atoms with E-state index in [0.29, 0.717) is 17.3 Å². The maximum Gasteiger partial charge on any atom is 0.200 e. The van der Waals surface area contributed by atoms with Crippen LogP contribution in [0.3, 0.4) is 0 Å². The Morgan fingerprint density at radius 1 is 0.415 bits per heavy atom. The molecule has 0 amide bonds. The van der Waals surface area contributed by atoms with Crippen LogP contribution in [-0.2, 0) is 0 Å². The summed E-state index contributed by atoms with van der Waals surface area (Å²) in [4.78, 5) is 0. The average molecular weight is 575 g/mol. The summed E-state index contributed by atoms with van der Waals surface area (Å²) in [6.45, 7) is 0. The van der Waals surface area contributed by atoms with Crippen molar-refractivity contribution in [2.75, 3.05) is 0 Å². The number of nitrogens with zero attached hydrogens (tertiary/aromatic N) is 1. The molecule has 5 aromatic carbocycles. The number of hydrogen-bond acceptors (Lipinski definition) is 0. The summed E-state index contributed by atoms with van der Waals surface area (Å²) in [6, 6.07) is 15.9. The van der Waals surface area contributed by atoms with E-state index in [4.69, 9.17) is 0 Å². The molecule has 0 aliphatic heterocycles. The predicted molar refractivity (Wildman–Crippen MR) is 131 cm³/mol. The van der Waals surface area contributed by atoms with E-state index in [1.165, 1.54) is 10.6 Å². The van der Waals surface area contributed by atoms with Crippen molar-refractivity contribution in [1.29, 1.82) is 0 Å². The fraction of sp³-hybridized carbons (Fsp3) is 0. The number of fused-ring (bicyclic) bond motifs is 3. The Labute approximate surface area is 223 Å². The van der Waals surface area contributed by atoms with Gasteiger partial charge in [-0.2, -0.15) is 0 Å². The molecule has 1 aromatic heterocycles. The lowest BCUT2D eigenvalue weighted by Crippen LogP contribution is -2.07. The molecule has 0 saturated carbocycles. The second-order valence-electron chi connectivity index (χ2n) is 9.00. The first-order valence-electron chi connectivity index (χ1n) is 11.7. The zero-order valence-electron chi connectivity index (χ0n) is 20.1. The number of rotatable bonds is 3. The fourth-order valence-electron chi connectivity index (χ4n) is 4.98. The lowest BCUT2D eigenvalue weighted by Gasteiger charge is -2.16. The molecular weight excluding hydrogens is 564 g/mol. The van der Waals surface area contributed by atoms with Gasteiger partial charge in [0.1, 0.15) is 0 Å². The highest BCUT2D eigenvalue weighted by Crippen LogP contribution is 2.44. The Morgan fingerprint density at radius 2 is 0.878 bits per heavy atom. The van der Waals surface area contributed by atoms with Gasteiger partial charge in [0, 0.05) is 22.0 Å². The van der Waals surface area contributed by atoms with E-state index in [-0.39, 0.29) is 16.3 Å². The summed E-state index contributed by atoms with van der Waals surface area (Å²) < 4.78 is 147. The first kappa shape index (κ1) is 26.4. The van der Waals surface area contributed by atoms with E-state index in [0.717, 1.165) is 6.07 Å². The zero-order chi connectivity index (χ0) is 29.3. The Bertz CT molecular complexity index is 1990. The number of halogens is 10. The van der Waals surface area contributed by atoms with Crippen LogP contribution in [0.5, 0.6) is 0 Å². The van der Waals surface area contributed by atoms with Gasteiger partial charge in [0.15, 0.2) is 46.5 Å². The van der Waals surface area contributed by atoms with Crippen LogP contribution in [0.15, 0.2) is 66.7 Å². The smallest absolute Gasteiger partial charge is 0.200 e. The van der Waals surface area contributed by atoms with Crippen LogP contribution in [0, 0.1) is 58.2 Å². The molecule has 11 heteroatoms. The quantitative estimate of drug-likeness (QED) is 0.113. The molecule has 0 unspecified atom stereocenters. The monoisotopic (exact) mass is 575 g/mol. The molecule has 0 aliphatic rings. The van der Waals surface area contributed by atoms with Crippen LogP contribution in [0.4, 0.5) is 43.9 Å². The Morgan fingerprint density at radius 3 is 1.44 bits per heavy atom. The third-order valence-corrected chi connectivity index (χ3v) is 6.76. The van der Waals surface area contributed by atoms with Gasteiger partial charge in [-0.25, -0.2) is 43.9 Å². The molecule has 0 atom stereocenters. The first-order valence-corrected chi connectivity index (χ1v) is 11.7.